The summed E-state index contributed by atoms with van der Waals surface area (Å²) in [6.07, 6.45) is 2.76. The Labute approximate surface area is 191 Å². The highest BCUT2D eigenvalue weighted by Gasteiger charge is 2.52. The van der Waals surface area contributed by atoms with Crippen molar-refractivity contribution >= 4 is 66.0 Å². The maximum atomic E-state index is 12.8. The molecule has 2 N–H and O–H groups in total. The van der Waals surface area contributed by atoms with E-state index in [1.54, 1.807) is 17.4 Å². The molecule has 1 saturated heterocycles. The Bertz CT molecular complexity index is 1250. The van der Waals surface area contributed by atoms with Gasteiger partial charge < -0.3 is 10.1 Å². The highest BCUT2D eigenvalue weighted by Crippen LogP contribution is 2.39. The maximum Gasteiger partial charge on any atom is 0.348 e. The molecule has 0 atom stereocenters. The molecule has 1 spiro atoms. The number of amides is 4. The molecule has 3 aromatic rings. The number of rotatable bonds is 4. The van der Waals surface area contributed by atoms with E-state index in [1.165, 1.54) is 11.3 Å². The number of hydrogen-bond donors (Lipinski definition) is 2. The average molecular weight is 472 g/mol. The summed E-state index contributed by atoms with van der Waals surface area (Å²) in [6, 6.07) is 9.06. The summed E-state index contributed by atoms with van der Waals surface area (Å²) in [7, 11) is 0. The third-order valence-electron chi connectivity index (χ3n) is 6.11. The van der Waals surface area contributed by atoms with Gasteiger partial charge >= 0.3 is 12.0 Å². The average Bonchev–Trinajstić information content (AvgIpc) is 3.41. The fraction of sp³-hybridized carbons (Fsp3) is 0.364. The zero-order chi connectivity index (χ0) is 22.5. The first kappa shape index (κ1) is 20.9. The molecule has 5 rings (SSSR count). The van der Waals surface area contributed by atoms with Crippen molar-refractivity contribution in [3.8, 4) is 0 Å². The van der Waals surface area contributed by atoms with Crippen molar-refractivity contribution in [2.75, 3.05) is 6.61 Å². The van der Waals surface area contributed by atoms with Gasteiger partial charge in [-0.15, -0.1) is 22.7 Å². The fourth-order valence-corrected chi connectivity index (χ4v) is 6.69. The Balaban J connectivity index is 1.20. The molecule has 3 heterocycles. The van der Waals surface area contributed by atoms with Crippen molar-refractivity contribution in [1.82, 2.24) is 15.8 Å². The predicted octanol–water partition coefficient (Wildman–Crippen LogP) is 3.80. The summed E-state index contributed by atoms with van der Waals surface area (Å²) in [5, 5.41) is 4.52. The van der Waals surface area contributed by atoms with E-state index in [0.29, 0.717) is 28.6 Å². The monoisotopic (exact) mass is 471 g/mol. The zero-order valence-corrected chi connectivity index (χ0v) is 18.9. The molecule has 2 aliphatic rings. The van der Waals surface area contributed by atoms with E-state index in [0.717, 1.165) is 32.3 Å². The van der Waals surface area contributed by atoms with Gasteiger partial charge in [0.25, 0.3) is 11.8 Å². The van der Waals surface area contributed by atoms with Crippen LogP contribution in [0.1, 0.15) is 42.3 Å². The summed E-state index contributed by atoms with van der Waals surface area (Å²) < 4.78 is 8.27. The molecule has 4 amide bonds. The van der Waals surface area contributed by atoms with Gasteiger partial charge in [-0.05, 0) is 43.7 Å². The molecule has 1 aliphatic heterocycles. The number of ether oxygens (including phenoxy) is 1. The number of hydrazine groups is 1. The maximum absolute atomic E-state index is 12.8. The third-order valence-corrected chi connectivity index (χ3v) is 8.51. The standard InChI is InChI=1S/C22H21N3O5S2/c1-12-6-8-22(9-7-12)20(28)25(21(29)23-22)24-17(26)11-30-19(27)16-10-15-18(32-16)13-4-2-3-5-14(13)31-15/h2-5,10,12H,6-9,11H2,1H3,(H,23,29)(H,24,26). The van der Waals surface area contributed by atoms with Crippen molar-refractivity contribution in [1.29, 1.82) is 0 Å². The molecular weight excluding hydrogens is 450 g/mol. The summed E-state index contributed by atoms with van der Waals surface area (Å²) in [6.45, 7) is 1.52. The lowest BCUT2D eigenvalue weighted by Gasteiger charge is -2.33. The molecule has 2 aromatic heterocycles. The van der Waals surface area contributed by atoms with Gasteiger partial charge in [-0.25, -0.2) is 9.59 Å². The minimum absolute atomic E-state index is 0.398. The van der Waals surface area contributed by atoms with E-state index in [9.17, 15) is 19.2 Å². The van der Waals surface area contributed by atoms with Crippen molar-refractivity contribution in [2.45, 2.75) is 38.1 Å². The van der Waals surface area contributed by atoms with Crippen LogP contribution in [0, 0.1) is 5.92 Å². The predicted molar refractivity (Wildman–Crippen MR) is 121 cm³/mol. The second kappa shape index (κ2) is 7.86. The van der Waals surface area contributed by atoms with E-state index in [1.807, 2.05) is 24.3 Å². The normalized spacial score (nSPS) is 23.2. The number of thiophene rings is 2. The summed E-state index contributed by atoms with van der Waals surface area (Å²) >= 11 is 2.91. The molecule has 1 aliphatic carbocycles. The second-order valence-electron chi connectivity index (χ2n) is 8.35. The molecule has 1 saturated carbocycles. The summed E-state index contributed by atoms with van der Waals surface area (Å²) in [5.41, 5.74) is 1.33. The van der Waals surface area contributed by atoms with E-state index >= 15 is 0 Å². The lowest BCUT2D eigenvalue weighted by atomic mass is 9.77. The van der Waals surface area contributed by atoms with Crippen LogP contribution in [0.2, 0.25) is 0 Å². The van der Waals surface area contributed by atoms with Crippen LogP contribution in [-0.4, -0.2) is 41.0 Å². The molecule has 0 bridgehead atoms. The molecule has 8 nitrogen and oxygen atoms in total. The minimum Gasteiger partial charge on any atom is -0.451 e. The molecule has 0 radical (unpaired) electrons. The van der Waals surface area contributed by atoms with Crippen LogP contribution in [-0.2, 0) is 14.3 Å². The first-order valence-corrected chi connectivity index (χ1v) is 12.0. The Morgan fingerprint density at radius 3 is 2.72 bits per heavy atom. The first-order chi connectivity index (χ1) is 15.4. The van der Waals surface area contributed by atoms with Crippen molar-refractivity contribution < 1.29 is 23.9 Å². The minimum atomic E-state index is -0.945. The van der Waals surface area contributed by atoms with E-state index in [2.05, 4.69) is 17.7 Å². The first-order valence-electron chi connectivity index (χ1n) is 10.4. The van der Waals surface area contributed by atoms with Crippen LogP contribution in [0.25, 0.3) is 19.5 Å². The van der Waals surface area contributed by atoms with Crippen LogP contribution < -0.4 is 10.7 Å². The molecular formula is C22H21N3O5S2. The quantitative estimate of drug-likeness (QED) is 0.445. The van der Waals surface area contributed by atoms with E-state index in [4.69, 9.17) is 4.74 Å². The second-order valence-corrected chi connectivity index (χ2v) is 10.5. The van der Waals surface area contributed by atoms with Crippen LogP contribution in [0.15, 0.2) is 30.3 Å². The van der Waals surface area contributed by atoms with Gasteiger partial charge in [-0.2, -0.15) is 5.01 Å². The van der Waals surface area contributed by atoms with Crippen LogP contribution in [0.5, 0.6) is 0 Å². The van der Waals surface area contributed by atoms with Gasteiger partial charge in [0.1, 0.15) is 10.4 Å². The number of urea groups is 1. The van der Waals surface area contributed by atoms with Crippen molar-refractivity contribution in [3.05, 3.63) is 35.2 Å². The number of nitrogens with zero attached hydrogens (tertiary/aromatic N) is 1. The molecule has 10 heteroatoms. The lowest BCUT2D eigenvalue weighted by Crippen LogP contribution is -2.52. The summed E-state index contributed by atoms with van der Waals surface area (Å²) in [5.74, 6) is -1.32. The third kappa shape index (κ3) is 3.53. The number of nitrogens with one attached hydrogen (secondary N) is 2. The van der Waals surface area contributed by atoms with Crippen LogP contribution in [0.4, 0.5) is 4.79 Å². The highest BCUT2D eigenvalue weighted by atomic mass is 32.1. The molecule has 2 fully saturated rings. The number of esters is 1. The topological polar surface area (TPSA) is 105 Å². The van der Waals surface area contributed by atoms with E-state index in [-0.39, 0.29) is 0 Å². The van der Waals surface area contributed by atoms with Crippen LogP contribution in [0.3, 0.4) is 0 Å². The van der Waals surface area contributed by atoms with E-state index < -0.39 is 36.0 Å². The zero-order valence-electron chi connectivity index (χ0n) is 17.3. The lowest BCUT2D eigenvalue weighted by molar-refractivity contribution is -0.141. The molecule has 166 valence electrons. The van der Waals surface area contributed by atoms with Gasteiger partial charge in [0.15, 0.2) is 6.61 Å². The Morgan fingerprint density at radius 1 is 1.19 bits per heavy atom. The van der Waals surface area contributed by atoms with Crippen molar-refractivity contribution in [3.63, 3.8) is 0 Å². The van der Waals surface area contributed by atoms with Gasteiger partial charge in [0, 0.05) is 14.8 Å². The number of hydrogen-bond acceptors (Lipinski definition) is 7. The SMILES string of the molecule is CC1CCC2(CC1)NC(=O)N(NC(=O)COC(=O)c1cc3sc4ccccc4c3s1)C2=O. The Kier molecular flexibility index (Phi) is 5.13. The highest BCUT2D eigenvalue weighted by molar-refractivity contribution is 7.33. The Hall–Kier alpha value is -2.98. The number of fused-ring (bicyclic) bond motifs is 3. The van der Waals surface area contributed by atoms with Gasteiger partial charge in [-0.1, -0.05) is 25.1 Å². The van der Waals surface area contributed by atoms with Crippen molar-refractivity contribution in [2.24, 2.45) is 5.92 Å². The number of imide groups is 1. The largest absolute Gasteiger partial charge is 0.451 e. The summed E-state index contributed by atoms with van der Waals surface area (Å²) in [4.78, 5) is 50.2. The molecule has 32 heavy (non-hydrogen) atoms. The number of benzene rings is 1. The molecule has 1 aromatic carbocycles. The smallest absolute Gasteiger partial charge is 0.348 e. The van der Waals surface area contributed by atoms with Gasteiger partial charge in [0.05, 0.1) is 4.70 Å². The Morgan fingerprint density at radius 2 is 1.94 bits per heavy atom. The number of carbonyl (C=O) groups is 4. The fourth-order valence-electron chi connectivity index (χ4n) is 4.27. The molecule has 0 unspecified atom stereocenters. The number of carbonyl (C=O) groups excluding carboxylic acids is 4. The van der Waals surface area contributed by atoms with Gasteiger partial charge in [-0.3, -0.25) is 15.0 Å². The van der Waals surface area contributed by atoms with Crippen LogP contribution >= 0.6 is 22.7 Å². The van der Waals surface area contributed by atoms with Gasteiger partial charge in [0.2, 0.25) is 0 Å².